The Morgan fingerprint density at radius 2 is 1.90 bits per heavy atom. The van der Waals surface area contributed by atoms with Crippen LogP contribution in [0.2, 0.25) is 0 Å². The van der Waals surface area contributed by atoms with Crippen molar-refractivity contribution < 1.29 is 4.29 Å². The fourth-order valence-electron chi connectivity index (χ4n) is 0.777. The fraction of sp³-hybridized carbons (Fsp3) is 0.250. The fourth-order valence-corrected chi connectivity index (χ4v) is 0.879. The summed E-state index contributed by atoms with van der Waals surface area (Å²) in [5.74, 6) is 0.693. The predicted molar refractivity (Wildman–Crippen MR) is 42.3 cm³/mol. The van der Waals surface area contributed by atoms with Gasteiger partial charge in [0.2, 0.25) is 0 Å². The molecule has 0 unspecified atom stereocenters. The molecule has 0 aliphatic carbocycles. The lowest BCUT2D eigenvalue weighted by atomic mass is 10.2. The molecule has 1 rings (SSSR count). The second-order valence-electron chi connectivity index (χ2n) is 2.07. The summed E-state index contributed by atoms with van der Waals surface area (Å²) < 4.78 is 4.49. The van der Waals surface area contributed by atoms with E-state index >= 15 is 0 Å². The van der Waals surface area contributed by atoms with Crippen LogP contribution in [0, 0.1) is 0 Å². The second-order valence-corrected chi connectivity index (χ2v) is 2.23. The Hall–Kier alpha value is -0.690. The number of rotatable bonds is 2. The van der Waals surface area contributed by atoms with E-state index in [9.17, 15) is 0 Å². The normalized spacial score (nSPS) is 9.40. The zero-order valence-corrected chi connectivity index (χ0v) is 6.56. The van der Waals surface area contributed by atoms with E-state index in [4.69, 9.17) is 11.9 Å². The van der Waals surface area contributed by atoms with Crippen LogP contribution in [-0.4, -0.2) is 0 Å². The molecule has 2 heteroatoms. The molecule has 54 valence electrons. The lowest BCUT2D eigenvalue weighted by Crippen LogP contribution is -1.78. The van der Waals surface area contributed by atoms with Gasteiger partial charge in [0.15, 0.2) is 0 Å². The van der Waals surface area contributed by atoms with E-state index in [0.717, 1.165) is 6.42 Å². The molecule has 0 radical (unpaired) electrons. The van der Waals surface area contributed by atoms with Crippen molar-refractivity contribution in [3.63, 3.8) is 0 Å². The minimum atomic E-state index is 0.693. The molecule has 0 aromatic heterocycles. The van der Waals surface area contributed by atoms with Crippen LogP contribution in [0.25, 0.3) is 0 Å². The maximum atomic E-state index is 5.12. The highest BCUT2D eigenvalue weighted by Crippen LogP contribution is 2.12. The minimum absolute atomic E-state index is 0.693. The van der Waals surface area contributed by atoms with Crippen molar-refractivity contribution in [1.29, 1.82) is 0 Å². The summed E-state index contributed by atoms with van der Waals surface area (Å²) in [5, 5.41) is 0. The van der Waals surface area contributed by atoms with Gasteiger partial charge in [-0.05, 0) is 24.1 Å². The first kappa shape index (κ1) is 7.42. The number of hydrogen-bond acceptors (Lipinski definition) is 1. The molecule has 0 aliphatic rings. The maximum absolute atomic E-state index is 5.12. The molecule has 1 nitrogen and oxygen atoms in total. The molecule has 0 N–H and O–H groups in total. The smallest absolute Gasteiger partial charge is 0.146 e. The molecule has 0 amide bonds. The first-order chi connectivity index (χ1) is 4.86. The molecule has 0 aliphatic heterocycles. The molecular weight excluding hydrogens is 148 g/mol. The zero-order chi connectivity index (χ0) is 7.40. The van der Waals surface area contributed by atoms with Crippen molar-refractivity contribution >= 4 is 11.9 Å². The Kier molecular flexibility index (Phi) is 2.57. The first-order valence-corrected chi connectivity index (χ1v) is 3.55. The third-order valence-electron chi connectivity index (χ3n) is 1.42. The van der Waals surface area contributed by atoms with Crippen LogP contribution in [0.4, 0.5) is 0 Å². The number of benzene rings is 1. The highest BCUT2D eigenvalue weighted by Gasteiger charge is 1.90. The van der Waals surface area contributed by atoms with Crippen molar-refractivity contribution in [2.45, 2.75) is 13.3 Å². The second kappa shape index (κ2) is 3.47. The molecular formula is C8H9ClO. The maximum Gasteiger partial charge on any atom is 0.146 e. The number of aryl methyl sites for hydroxylation is 1. The molecule has 0 heterocycles. The Labute approximate surface area is 65.8 Å². The van der Waals surface area contributed by atoms with Gasteiger partial charge in [0.1, 0.15) is 17.6 Å². The third-order valence-corrected chi connectivity index (χ3v) is 1.60. The number of halogens is 1. The highest BCUT2D eigenvalue weighted by molar-refractivity contribution is 6.09. The van der Waals surface area contributed by atoms with E-state index in [1.165, 1.54) is 5.56 Å². The topological polar surface area (TPSA) is 9.23 Å². The largest absolute Gasteiger partial charge is 0.386 e. The van der Waals surface area contributed by atoms with Crippen LogP contribution in [0.3, 0.4) is 0 Å². The van der Waals surface area contributed by atoms with Crippen LogP contribution in [0.15, 0.2) is 24.3 Å². The molecule has 1 aromatic rings. The lowest BCUT2D eigenvalue weighted by Gasteiger charge is -1.96. The van der Waals surface area contributed by atoms with Crippen LogP contribution in [-0.2, 0) is 6.42 Å². The van der Waals surface area contributed by atoms with E-state index in [1.807, 2.05) is 24.3 Å². The molecule has 10 heavy (non-hydrogen) atoms. The Morgan fingerprint density at radius 3 is 2.30 bits per heavy atom. The van der Waals surface area contributed by atoms with E-state index in [0.29, 0.717) is 5.75 Å². The minimum Gasteiger partial charge on any atom is -0.386 e. The van der Waals surface area contributed by atoms with Crippen molar-refractivity contribution in [3.05, 3.63) is 29.8 Å². The summed E-state index contributed by atoms with van der Waals surface area (Å²) in [7, 11) is 0. The van der Waals surface area contributed by atoms with Gasteiger partial charge in [-0.1, -0.05) is 19.1 Å². The van der Waals surface area contributed by atoms with Crippen molar-refractivity contribution in [1.82, 2.24) is 0 Å². The van der Waals surface area contributed by atoms with Crippen molar-refractivity contribution in [3.8, 4) is 5.75 Å². The van der Waals surface area contributed by atoms with Gasteiger partial charge in [-0.2, -0.15) is 0 Å². The SMILES string of the molecule is CCc1ccc(OCl)cc1. The van der Waals surface area contributed by atoms with Gasteiger partial charge in [0, 0.05) is 0 Å². The summed E-state index contributed by atoms with van der Waals surface area (Å²) in [6.45, 7) is 2.11. The molecule has 0 saturated carbocycles. The molecule has 0 fully saturated rings. The zero-order valence-electron chi connectivity index (χ0n) is 5.80. The third kappa shape index (κ3) is 1.64. The van der Waals surface area contributed by atoms with Crippen LogP contribution in [0.5, 0.6) is 5.75 Å². The van der Waals surface area contributed by atoms with Gasteiger partial charge in [0.25, 0.3) is 0 Å². The number of hydrogen-bond donors (Lipinski definition) is 0. The predicted octanol–water partition coefficient (Wildman–Crippen LogP) is 2.78. The van der Waals surface area contributed by atoms with E-state index in [1.54, 1.807) is 0 Å². The molecule has 1 aromatic carbocycles. The monoisotopic (exact) mass is 156 g/mol. The van der Waals surface area contributed by atoms with Gasteiger partial charge in [-0.15, -0.1) is 0 Å². The van der Waals surface area contributed by atoms with Gasteiger partial charge in [0.05, 0.1) is 0 Å². The van der Waals surface area contributed by atoms with Gasteiger partial charge < -0.3 is 4.29 Å². The standard InChI is InChI=1S/C8H9ClO/c1-2-7-3-5-8(10-9)6-4-7/h3-6H,2H2,1H3. The van der Waals surface area contributed by atoms with Crippen LogP contribution >= 0.6 is 11.9 Å². The van der Waals surface area contributed by atoms with E-state index in [2.05, 4.69) is 11.2 Å². The highest BCUT2D eigenvalue weighted by atomic mass is 35.5. The van der Waals surface area contributed by atoms with Gasteiger partial charge >= 0.3 is 0 Å². The summed E-state index contributed by atoms with van der Waals surface area (Å²) in [6, 6.07) is 7.70. The molecule has 0 spiro atoms. The van der Waals surface area contributed by atoms with Gasteiger partial charge in [-0.3, -0.25) is 0 Å². The summed E-state index contributed by atoms with van der Waals surface area (Å²) in [6.07, 6.45) is 1.04. The lowest BCUT2D eigenvalue weighted by molar-refractivity contribution is 0.619. The van der Waals surface area contributed by atoms with Crippen LogP contribution in [0.1, 0.15) is 12.5 Å². The van der Waals surface area contributed by atoms with Crippen molar-refractivity contribution in [2.75, 3.05) is 0 Å². The Balaban J connectivity index is 2.80. The van der Waals surface area contributed by atoms with E-state index in [-0.39, 0.29) is 0 Å². The van der Waals surface area contributed by atoms with Crippen LogP contribution < -0.4 is 4.29 Å². The average Bonchev–Trinajstić information content (AvgIpc) is 2.05. The van der Waals surface area contributed by atoms with Gasteiger partial charge in [-0.25, -0.2) is 0 Å². The summed E-state index contributed by atoms with van der Waals surface area (Å²) >= 11 is 5.12. The quantitative estimate of drug-likeness (QED) is 0.640. The summed E-state index contributed by atoms with van der Waals surface area (Å²) in [5.41, 5.74) is 1.29. The Bertz CT molecular complexity index is 170. The first-order valence-electron chi connectivity index (χ1n) is 3.24. The molecule has 0 saturated heterocycles. The van der Waals surface area contributed by atoms with E-state index < -0.39 is 0 Å². The van der Waals surface area contributed by atoms with Crippen molar-refractivity contribution in [2.24, 2.45) is 0 Å². The Morgan fingerprint density at radius 1 is 1.30 bits per heavy atom. The molecule has 0 atom stereocenters. The summed E-state index contributed by atoms with van der Waals surface area (Å²) in [4.78, 5) is 0. The molecule has 0 bridgehead atoms. The average molecular weight is 157 g/mol.